The van der Waals surface area contributed by atoms with Crippen molar-refractivity contribution >= 4 is 11.3 Å². The van der Waals surface area contributed by atoms with Gasteiger partial charge in [0.15, 0.2) is 17.5 Å². The summed E-state index contributed by atoms with van der Waals surface area (Å²) in [6, 6.07) is 4.02. The highest BCUT2D eigenvalue weighted by atomic mass is 32.1. The Hall–Kier alpha value is -2.12. The van der Waals surface area contributed by atoms with E-state index in [1.165, 1.54) is 38.8 Å². The van der Waals surface area contributed by atoms with Crippen molar-refractivity contribution < 1.29 is 0 Å². The van der Waals surface area contributed by atoms with Crippen LogP contribution in [0.5, 0.6) is 0 Å². The first-order valence-electron chi connectivity index (χ1n) is 9.34. The van der Waals surface area contributed by atoms with Crippen LogP contribution in [-0.2, 0) is 6.54 Å². The fourth-order valence-corrected chi connectivity index (χ4v) is 4.40. The van der Waals surface area contributed by atoms with Crippen LogP contribution in [-0.4, -0.2) is 42.7 Å². The van der Waals surface area contributed by atoms with Crippen LogP contribution in [0.1, 0.15) is 48.0 Å². The van der Waals surface area contributed by atoms with E-state index in [1.807, 2.05) is 23.1 Å². The SMILES string of the molecule is Cc1cccnc1-n1nc(C2CC2)nc1-c1cnc(CN2CCCC2)s1. The van der Waals surface area contributed by atoms with Crippen LogP contribution in [0.25, 0.3) is 16.5 Å². The largest absolute Gasteiger partial charge is 0.297 e. The molecular formula is C19H22N6S. The molecule has 1 saturated heterocycles. The molecule has 7 heteroatoms. The van der Waals surface area contributed by atoms with Gasteiger partial charge in [-0.25, -0.2) is 15.0 Å². The zero-order valence-corrected chi connectivity index (χ0v) is 15.7. The molecule has 1 aliphatic carbocycles. The van der Waals surface area contributed by atoms with Crippen molar-refractivity contribution in [1.82, 2.24) is 29.6 Å². The zero-order valence-electron chi connectivity index (χ0n) is 14.9. The third-order valence-electron chi connectivity index (χ3n) is 5.08. The van der Waals surface area contributed by atoms with Gasteiger partial charge in [-0.2, -0.15) is 4.68 Å². The molecule has 3 aromatic heterocycles. The fourth-order valence-electron chi connectivity index (χ4n) is 3.47. The van der Waals surface area contributed by atoms with Crippen molar-refractivity contribution in [3.05, 3.63) is 40.9 Å². The molecule has 0 N–H and O–H groups in total. The summed E-state index contributed by atoms with van der Waals surface area (Å²) in [5.74, 6) is 3.19. The third kappa shape index (κ3) is 3.05. The molecule has 3 aromatic rings. The molecule has 6 nitrogen and oxygen atoms in total. The van der Waals surface area contributed by atoms with Gasteiger partial charge in [0.1, 0.15) is 5.01 Å². The van der Waals surface area contributed by atoms with Crippen LogP contribution in [0.3, 0.4) is 0 Å². The van der Waals surface area contributed by atoms with E-state index >= 15 is 0 Å². The molecule has 2 fully saturated rings. The molecule has 0 amide bonds. The summed E-state index contributed by atoms with van der Waals surface area (Å²) in [7, 11) is 0. The molecule has 5 rings (SSSR count). The van der Waals surface area contributed by atoms with Crippen molar-refractivity contribution in [2.45, 2.75) is 45.1 Å². The van der Waals surface area contributed by atoms with Gasteiger partial charge < -0.3 is 0 Å². The lowest BCUT2D eigenvalue weighted by atomic mass is 10.3. The lowest BCUT2D eigenvalue weighted by Crippen LogP contribution is -2.17. The highest BCUT2D eigenvalue weighted by Gasteiger charge is 2.30. The van der Waals surface area contributed by atoms with E-state index in [0.29, 0.717) is 5.92 Å². The second-order valence-corrected chi connectivity index (χ2v) is 8.34. The van der Waals surface area contributed by atoms with E-state index < -0.39 is 0 Å². The predicted molar refractivity (Wildman–Crippen MR) is 101 cm³/mol. The maximum absolute atomic E-state index is 4.87. The van der Waals surface area contributed by atoms with Crippen LogP contribution in [0.15, 0.2) is 24.5 Å². The molecule has 0 unspecified atom stereocenters. The predicted octanol–water partition coefficient (Wildman–Crippen LogP) is 3.57. The Morgan fingerprint density at radius 1 is 1.19 bits per heavy atom. The van der Waals surface area contributed by atoms with Crippen LogP contribution < -0.4 is 0 Å². The molecule has 0 aromatic carbocycles. The molecule has 1 aliphatic heterocycles. The Labute approximate surface area is 156 Å². The second-order valence-electron chi connectivity index (χ2n) is 7.23. The number of aryl methyl sites for hydroxylation is 1. The third-order valence-corrected chi connectivity index (χ3v) is 6.06. The molecule has 0 bridgehead atoms. The maximum Gasteiger partial charge on any atom is 0.176 e. The van der Waals surface area contributed by atoms with Crippen molar-refractivity contribution in [2.24, 2.45) is 0 Å². The minimum Gasteiger partial charge on any atom is -0.297 e. The average Bonchev–Trinajstić information content (AvgIpc) is 3.04. The first-order chi connectivity index (χ1) is 12.8. The van der Waals surface area contributed by atoms with Crippen molar-refractivity contribution in [2.75, 3.05) is 13.1 Å². The normalized spacial score (nSPS) is 17.9. The molecular weight excluding hydrogens is 344 g/mol. The first kappa shape index (κ1) is 16.1. The summed E-state index contributed by atoms with van der Waals surface area (Å²) in [6.45, 7) is 5.38. The smallest absolute Gasteiger partial charge is 0.176 e. The molecule has 134 valence electrons. The summed E-state index contributed by atoms with van der Waals surface area (Å²) in [5, 5.41) is 5.96. The Bertz CT molecular complexity index is 920. The maximum atomic E-state index is 4.87. The van der Waals surface area contributed by atoms with Crippen LogP contribution in [0.2, 0.25) is 0 Å². The lowest BCUT2D eigenvalue weighted by Gasteiger charge is -2.11. The number of aromatic nitrogens is 5. The van der Waals surface area contributed by atoms with E-state index in [-0.39, 0.29) is 0 Å². The number of likely N-dealkylation sites (tertiary alicyclic amines) is 1. The monoisotopic (exact) mass is 366 g/mol. The minimum absolute atomic E-state index is 0.510. The lowest BCUT2D eigenvalue weighted by molar-refractivity contribution is 0.331. The molecule has 0 radical (unpaired) electrons. The molecule has 0 atom stereocenters. The van der Waals surface area contributed by atoms with E-state index in [9.17, 15) is 0 Å². The average molecular weight is 366 g/mol. The Balaban J connectivity index is 1.51. The molecule has 2 aliphatic rings. The summed E-state index contributed by atoms with van der Waals surface area (Å²) in [4.78, 5) is 17.6. The molecule has 26 heavy (non-hydrogen) atoms. The van der Waals surface area contributed by atoms with Gasteiger partial charge in [-0.05, 0) is 57.3 Å². The summed E-state index contributed by atoms with van der Waals surface area (Å²) >= 11 is 1.73. The van der Waals surface area contributed by atoms with E-state index in [4.69, 9.17) is 10.1 Å². The second kappa shape index (κ2) is 6.55. The van der Waals surface area contributed by atoms with E-state index in [0.717, 1.165) is 39.5 Å². The number of hydrogen-bond acceptors (Lipinski definition) is 6. The van der Waals surface area contributed by atoms with Gasteiger partial charge in [0.25, 0.3) is 0 Å². The quantitative estimate of drug-likeness (QED) is 0.691. The van der Waals surface area contributed by atoms with Gasteiger partial charge in [-0.1, -0.05) is 6.07 Å². The number of pyridine rings is 1. The summed E-state index contributed by atoms with van der Waals surface area (Å²) in [5.41, 5.74) is 1.10. The number of rotatable bonds is 5. The van der Waals surface area contributed by atoms with Crippen molar-refractivity contribution in [3.63, 3.8) is 0 Å². The number of thiazole rings is 1. The van der Waals surface area contributed by atoms with Gasteiger partial charge in [-0.15, -0.1) is 16.4 Å². The molecule has 0 spiro atoms. The summed E-state index contributed by atoms with van der Waals surface area (Å²) in [6.07, 6.45) is 8.75. The highest BCUT2D eigenvalue weighted by Crippen LogP contribution is 2.40. The van der Waals surface area contributed by atoms with Gasteiger partial charge in [-0.3, -0.25) is 4.90 Å². The van der Waals surface area contributed by atoms with Crippen LogP contribution in [0.4, 0.5) is 0 Å². The topological polar surface area (TPSA) is 59.7 Å². The molecule has 4 heterocycles. The number of nitrogens with zero attached hydrogens (tertiary/aromatic N) is 6. The minimum atomic E-state index is 0.510. The fraction of sp³-hybridized carbons (Fsp3) is 0.474. The van der Waals surface area contributed by atoms with E-state index in [1.54, 1.807) is 11.3 Å². The van der Waals surface area contributed by atoms with Crippen molar-refractivity contribution in [1.29, 1.82) is 0 Å². The Morgan fingerprint density at radius 2 is 2.04 bits per heavy atom. The Morgan fingerprint density at radius 3 is 2.81 bits per heavy atom. The van der Waals surface area contributed by atoms with Gasteiger partial charge in [0.2, 0.25) is 0 Å². The van der Waals surface area contributed by atoms with Crippen molar-refractivity contribution in [3.8, 4) is 16.5 Å². The zero-order chi connectivity index (χ0) is 17.5. The highest BCUT2D eigenvalue weighted by molar-refractivity contribution is 7.15. The summed E-state index contributed by atoms with van der Waals surface area (Å²) < 4.78 is 1.91. The standard InChI is InChI=1S/C19H22N6S/c1-13-5-4-8-20-18(13)25-19(22-17(23-25)14-6-7-14)15-11-21-16(26-15)12-24-9-2-3-10-24/h4-5,8,11,14H,2-3,6-7,9-10,12H2,1H3. The Kier molecular flexibility index (Phi) is 4.05. The first-order valence-corrected chi connectivity index (χ1v) is 10.2. The van der Waals surface area contributed by atoms with Gasteiger partial charge >= 0.3 is 0 Å². The van der Waals surface area contributed by atoms with Crippen LogP contribution >= 0.6 is 11.3 Å². The van der Waals surface area contributed by atoms with Crippen LogP contribution in [0, 0.1) is 6.92 Å². The molecule has 1 saturated carbocycles. The van der Waals surface area contributed by atoms with Gasteiger partial charge in [0.05, 0.1) is 11.4 Å². The van der Waals surface area contributed by atoms with Gasteiger partial charge in [0, 0.05) is 18.3 Å². The number of hydrogen-bond donors (Lipinski definition) is 0. The van der Waals surface area contributed by atoms with E-state index in [2.05, 4.69) is 27.9 Å².